The first kappa shape index (κ1) is 14.0. The lowest BCUT2D eigenvalue weighted by molar-refractivity contribution is -0.384. The number of nitro groups is 1. The summed E-state index contributed by atoms with van der Waals surface area (Å²) in [5, 5.41) is 13.2. The quantitative estimate of drug-likeness (QED) is 0.497. The third kappa shape index (κ3) is 3.32. The topological polar surface area (TPSA) is 118 Å². The van der Waals surface area contributed by atoms with E-state index in [2.05, 4.69) is 15.3 Å². The number of hydrogen-bond acceptors (Lipinski definition) is 6. The van der Waals surface area contributed by atoms with Crippen LogP contribution in [0.15, 0.2) is 23.4 Å². The van der Waals surface area contributed by atoms with Gasteiger partial charge in [-0.25, -0.2) is 4.98 Å². The van der Waals surface area contributed by atoms with Gasteiger partial charge in [0, 0.05) is 19.1 Å². The van der Waals surface area contributed by atoms with Crippen molar-refractivity contribution in [3.63, 3.8) is 0 Å². The summed E-state index contributed by atoms with van der Waals surface area (Å²) in [7, 11) is 0. The second-order valence-electron chi connectivity index (χ2n) is 3.89. The molecule has 0 atom stereocenters. The van der Waals surface area contributed by atoms with Gasteiger partial charge in [0.15, 0.2) is 5.16 Å². The molecule has 2 amide bonds. The van der Waals surface area contributed by atoms with Gasteiger partial charge in [0.05, 0.1) is 21.7 Å². The third-order valence-electron chi connectivity index (χ3n) is 2.31. The molecule has 2 aromatic rings. The van der Waals surface area contributed by atoms with Crippen molar-refractivity contribution in [1.82, 2.24) is 15.3 Å². The Morgan fingerprint density at radius 2 is 2.25 bits per heavy atom. The number of non-ortho nitro benzene ring substituents is 1. The van der Waals surface area contributed by atoms with Crippen molar-refractivity contribution in [2.75, 3.05) is 5.75 Å². The van der Waals surface area contributed by atoms with Crippen molar-refractivity contribution in [3.05, 3.63) is 28.3 Å². The fourth-order valence-corrected chi connectivity index (χ4v) is 2.21. The molecule has 0 bridgehead atoms. The van der Waals surface area contributed by atoms with Crippen LogP contribution in [0.3, 0.4) is 0 Å². The molecular formula is C11H10N4O4S. The van der Waals surface area contributed by atoms with E-state index in [9.17, 15) is 19.7 Å². The number of nitro benzene ring substituents is 1. The van der Waals surface area contributed by atoms with Gasteiger partial charge in [0.25, 0.3) is 5.69 Å². The molecule has 0 radical (unpaired) electrons. The summed E-state index contributed by atoms with van der Waals surface area (Å²) in [5.74, 6) is -0.814. The van der Waals surface area contributed by atoms with Gasteiger partial charge in [0.1, 0.15) is 0 Å². The molecule has 9 heteroatoms. The van der Waals surface area contributed by atoms with Crippen LogP contribution in [0.4, 0.5) is 5.69 Å². The van der Waals surface area contributed by atoms with Gasteiger partial charge in [0.2, 0.25) is 11.8 Å². The molecule has 0 aliphatic rings. The number of carbonyl (C=O) groups is 2. The van der Waals surface area contributed by atoms with E-state index in [0.29, 0.717) is 16.2 Å². The molecule has 1 heterocycles. The Labute approximate surface area is 117 Å². The van der Waals surface area contributed by atoms with Crippen molar-refractivity contribution in [2.45, 2.75) is 12.1 Å². The van der Waals surface area contributed by atoms with Crippen molar-refractivity contribution < 1.29 is 14.5 Å². The van der Waals surface area contributed by atoms with E-state index in [0.717, 1.165) is 11.8 Å². The highest BCUT2D eigenvalue weighted by molar-refractivity contribution is 7.99. The van der Waals surface area contributed by atoms with E-state index in [-0.39, 0.29) is 11.4 Å². The Bertz CT molecular complexity index is 697. The summed E-state index contributed by atoms with van der Waals surface area (Å²) >= 11 is 1.11. The van der Waals surface area contributed by atoms with Crippen molar-refractivity contribution in [2.24, 2.45) is 0 Å². The van der Waals surface area contributed by atoms with Gasteiger partial charge >= 0.3 is 0 Å². The lowest BCUT2D eigenvalue weighted by atomic mass is 10.3. The third-order valence-corrected chi connectivity index (χ3v) is 3.18. The maximum atomic E-state index is 11.3. The highest BCUT2D eigenvalue weighted by atomic mass is 32.2. The SMILES string of the molecule is CC(=O)NC(=O)CSc1nc2ccc([N+](=O)[O-])cc2[nH]1. The Morgan fingerprint density at radius 1 is 1.50 bits per heavy atom. The van der Waals surface area contributed by atoms with E-state index in [1.165, 1.54) is 25.1 Å². The molecule has 8 nitrogen and oxygen atoms in total. The maximum absolute atomic E-state index is 11.3. The molecule has 0 saturated carbocycles. The first-order chi connectivity index (χ1) is 9.45. The zero-order valence-electron chi connectivity index (χ0n) is 10.4. The number of imide groups is 1. The molecule has 2 rings (SSSR count). The van der Waals surface area contributed by atoms with E-state index in [4.69, 9.17) is 0 Å². The van der Waals surface area contributed by atoms with Gasteiger partial charge in [-0.1, -0.05) is 11.8 Å². The van der Waals surface area contributed by atoms with Crippen molar-refractivity contribution in [1.29, 1.82) is 0 Å². The van der Waals surface area contributed by atoms with E-state index in [1.54, 1.807) is 0 Å². The smallest absolute Gasteiger partial charge is 0.271 e. The number of nitrogens with zero attached hydrogens (tertiary/aromatic N) is 2. The fraction of sp³-hybridized carbons (Fsp3) is 0.182. The zero-order valence-corrected chi connectivity index (χ0v) is 11.2. The van der Waals surface area contributed by atoms with Crippen LogP contribution in [0.5, 0.6) is 0 Å². The Balaban J connectivity index is 2.10. The van der Waals surface area contributed by atoms with Gasteiger partial charge in [-0.2, -0.15) is 0 Å². The van der Waals surface area contributed by atoms with E-state index >= 15 is 0 Å². The van der Waals surface area contributed by atoms with Crippen LogP contribution >= 0.6 is 11.8 Å². The van der Waals surface area contributed by atoms with E-state index < -0.39 is 16.7 Å². The molecule has 2 N–H and O–H groups in total. The molecule has 0 aliphatic carbocycles. The molecule has 1 aromatic heterocycles. The average Bonchev–Trinajstić information content (AvgIpc) is 2.77. The predicted octanol–water partition coefficient (Wildman–Crippen LogP) is 1.23. The maximum Gasteiger partial charge on any atom is 0.271 e. The van der Waals surface area contributed by atoms with Gasteiger partial charge in [-0.15, -0.1) is 0 Å². The first-order valence-electron chi connectivity index (χ1n) is 5.53. The van der Waals surface area contributed by atoms with Gasteiger partial charge < -0.3 is 4.98 Å². The summed E-state index contributed by atoms with van der Waals surface area (Å²) in [6, 6.07) is 4.27. The van der Waals surface area contributed by atoms with Crippen LogP contribution in [0.1, 0.15) is 6.92 Å². The van der Waals surface area contributed by atoms with Crippen molar-refractivity contribution in [3.8, 4) is 0 Å². The molecule has 0 saturated heterocycles. The molecule has 0 unspecified atom stereocenters. The number of hydrogen-bond donors (Lipinski definition) is 2. The van der Waals surface area contributed by atoms with Gasteiger partial charge in [-0.05, 0) is 6.07 Å². The number of H-pyrrole nitrogens is 1. The van der Waals surface area contributed by atoms with Crippen LogP contribution in [0.25, 0.3) is 11.0 Å². The molecule has 20 heavy (non-hydrogen) atoms. The molecular weight excluding hydrogens is 284 g/mol. The predicted molar refractivity (Wildman–Crippen MR) is 72.3 cm³/mol. The lowest BCUT2D eigenvalue weighted by Gasteiger charge is -1.98. The normalized spacial score (nSPS) is 10.4. The molecule has 0 aliphatic heterocycles. The summed E-state index contributed by atoms with van der Waals surface area (Å²) in [6.07, 6.45) is 0. The number of thioether (sulfide) groups is 1. The molecule has 1 aromatic carbocycles. The highest BCUT2D eigenvalue weighted by Crippen LogP contribution is 2.22. The number of aromatic amines is 1. The Morgan fingerprint density at radius 3 is 2.90 bits per heavy atom. The summed E-state index contributed by atoms with van der Waals surface area (Å²) in [5.41, 5.74) is 1.06. The minimum Gasteiger partial charge on any atom is -0.333 e. The van der Waals surface area contributed by atoms with Crippen molar-refractivity contribution >= 4 is 40.3 Å². The summed E-state index contributed by atoms with van der Waals surface area (Å²) in [6.45, 7) is 1.25. The number of benzene rings is 1. The standard InChI is InChI=1S/C11H10N4O4S/c1-6(16)12-10(17)5-20-11-13-8-3-2-7(15(18)19)4-9(8)14-11/h2-4H,5H2,1H3,(H,13,14)(H,12,16,17). The summed E-state index contributed by atoms with van der Waals surface area (Å²) < 4.78 is 0. The zero-order chi connectivity index (χ0) is 14.7. The van der Waals surface area contributed by atoms with Gasteiger partial charge in [-0.3, -0.25) is 25.0 Å². The highest BCUT2D eigenvalue weighted by Gasteiger charge is 2.11. The van der Waals surface area contributed by atoms with Crippen LogP contribution in [0.2, 0.25) is 0 Å². The number of amides is 2. The number of imidazole rings is 1. The number of rotatable bonds is 4. The fourth-order valence-electron chi connectivity index (χ4n) is 1.52. The molecule has 0 fully saturated rings. The second-order valence-corrected chi connectivity index (χ2v) is 4.86. The Hall–Kier alpha value is -2.42. The molecule has 0 spiro atoms. The molecule has 104 valence electrons. The largest absolute Gasteiger partial charge is 0.333 e. The lowest BCUT2D eigenvalue weighted by Crippen LogP contribution is -2.29. The number of aromatic nitrogens is 2. The van der Waals surface area contributed by atoms with Crippen LogP contribution < -0.4 is 5.32 Å². The number of carbonyl (C=O) groups excluding carboxylic acids is 2. The minimum absolute atomic E-state index is 0.0293. The van der Waals surface area contributed by atoms with Crippen LogP contribution in [-0.2, 0) is 9.59 Å². The Kier molecular flexibility index (Phi) is 3.99. The minimum atomic E-state index is -0.493. The monoisotopic (exact) mass is 294 g/mol. The first-order valence-corrected chi connectivity index (χ1v) is 6.51. The number of fused-ring (bicyclic) bond motifs is 1. The second kappa shape index (κ2) is 5.70. The van der Waals surface area contributed by atoms with Crippen LogP contribution in [-0.4, -0.2) is 32.5 Å². The average molecular weight is 294 g/mol. The van der Waals surface area contributed by atoms with E-state index in [1.807, 2.05) is 0 Å². The van der Waals surface area contributed by atoms with Crippen LogP contribution in [0, 0.1) is 10.1 Å². The summed E-state index contributed by atoms with van der Waals surface area (Å²) in [4.78, 5) is 39.2. The number of nitrogens with one attached hydrogen (secondary N) is 2.